The molecule has 0 N–H and O–H groups in total. The molecule has 0 aliphatic rings. The number of ether oxygens (including phenoxy) is 1. The lowest BCUT2D eigenvalue weighted by molar-refractivity contribution is -0.142. The van der Waals surface area contributed by atoms with E-state index in [0.29, 0.717) is 23.3 Å². The number of unbranched alkanes of at least 4 members (excludes halogenated alkanes) is 5. The van der Waals surface area contributed by atoms with Gasteiger partial charge < -0.3 is 9.15 Å². The molecule has 0 amide bonds. The first kappa shape index (κ1) is 20.8. The summed E-state index contributed by atoms with van der Waals surface area (Å²) < 4.78 is 11.3. The van der Waals surface area contributed by atoms with Gasteiger partial charge in [0.05, 0.1) is 18.4 Å². The van der Waals surface area contributed by atoms with Gasteiger partial charge in [-0.3, -0.25) is 9.59 Å². The molecule has 0 unspecified atom stereocenters. The van der Waals surface area contributed by atoms with Crippen molar-refractivity contribution in [3.63, 3.8) is 0 Å². The Labute approximate surface area is 171 Å². The molecule has 1 aromatic heterocycles. The molecular formula is C25H28O4. The van der Waals surface area contributed by atoms with Gasteiger partial charge in [-0.2, -0.15) is 0 Å². The van der Waals surface area contributed by atoms with Crippen molar-refractivity contribution in [3.8, 4) is 11.3 Å². The van der Waals surface area contributed by atoms with Crippen LogP contribution in [0.1, 0.15) is 51.0 Å². The molecule has 0 aliphatic heterocycles. The molecule has 0 saturated carbocycles. The molecular weight excluding hydrogens is 364 g/mol. The fourth-order valence-corrected chi connectivity index (χ4v) is 3.37. The third-order valence-electron chi connectivity index (χ3n) is 4.96. The third kappa shape index (κ3) is 6.05. The highest BCUT2D eigenvalue weighted by molar-refractivity contribution is 5.79. The quantitative estimate of drug-likeness (QED) is 0.318. The van der Waals surface area contributed by atoms with Crippen molar-refractivity contribution in [2.45, 2.75) is 51.9 Å². The van der Waals surface area contributed by atoms with E-state index in [1.807, 2.05) is 36.4 Å². The van der Waals surface area contributed by atoms with Crippen molar-refractivity contribution < 1.29 is 13.9 Å². The zero-order chi connectivity index (χ0) is 20.5. The van der Waals surface area contributed by atoms with Gasteiger partial charge in [0.25, 0.3) is 0 Å². The molecule has 3 rings (SSSR count). The Morgan fingerprint density at radius 2 is 1.72 bits per heavy atom. The lowest BCUT2D eigenvalue weighted by Gasteiger charge is -2.07. The predicted molar refractivity (Wildman–Crippen MR) is 116 cm³/mol. The van der Waals surface area contributed by atoms with E-state index in [1.165, 1.54) is 31.7 Å². The summed E-state index contributed by atoms with van der Waals surface area (Å²) in [5.74, 6) is 0.270. The Morgan fingerprint density at radius 1 is 0.931 bits per heavy atom. The van der Waals surface area contributed by atoms with Crippen molar-refractivity contribution >= 4 is 16.9 Å². The van der Waals surface area contributed by atoms with Gasteiger partial charge in [-0.25, -0.2) is 0 Å². The maximum Gasteiger partial charge on any atom is 0.310 e. The zero-order valence-corrected chi connectivity index (χ0v) is 17.0. The van der Waals surface area contributed by atoms with E-state index in [2.05, 4.69) is 6.92 Å². The summed E-state index contributed by atoms with van der Waals surface area (Å²) in [6.07, 6.45) is 7.18. The third-order valence-corrected chi connectivity index (χ3v) is 4.96. The molecule has 0 aliphatic carbocycles. The van der Waals surface area contributed by atoms with Gasteiger partial charge >= 0.3 is 5.97 Å². The molecule has 4 heteroatoms. The summed E-state index contributed by atoms with van der Waals surface area (Å²) in [5.41, 5.74) is 2.09. The second-order valence-electron chi connectivity index (χ2n) is 7.34. The zero-order valence-electron chi connectivity index (χ0n) is 17.0. The van der Waals surface area contributed by atoms with Gasteiger partial charge in [-0.05, 0) is 30.2 Å². The van der Waals surface area contributed by atoms with Crippen LogP contribution in [0, 0.1) is 0 Å². The standard InChI is InChI=1S/C25H28O4/c1-2-3-4-5-6-9-15-28-25(27)17-19-11-10-12-20(16-19)24-18-22(26)21-13-7-8-14-23(21)29-24/h7-8,10-14,16,18H,2-6,9,15,17H2,1H3. The first-order chi connectivity index (χ1) is 14.2. The number of benzene rings is 2. The number of fused-ring (bicyclic) bond motifs is 1. The fourth-order valence-electron chi connectivity index (χ4n) is 3.37. The van der Waals surface area contributed by atoms with Crippen molar-refractivity contribution in [2.75, 3.05) is 6.61 Å². The monoisotopic (exact) mass is 392 g/mol. The normalized spacial score (nSPS) is 10.9. The summed E-state index contributed by atoms with van der Waals surface area (Å²) in [6.45, 7) is 2.68. The highest BCUT2D eigenvalue weighted by atomic mass is 16.5. The minimum Gasteiger partial charge on any atom is -0.465 e. The molecule has 0 spiro atoms. The molecule has 0 radical (unpaired) electrons. The number of para-hydroxylation sites is 1. The lowest BCUT2D eigenvalue weighted by atomic mass is 10.1. The van der Waals surface area contributed by atoms with Crippen molar-refractivity contribution in [1.29, 1.82) is 0 Å². The van der Waals surface area contributed by atoms with E-state index < -0.39 is 0 Å². The van der Waals surface area contributed by atoms with Gasteiger partial charge in [0.2, 0.25) is 0 Å². The SMILES string of the molecule is CCCCCCCCOC(=O)Cc1cccc(-c2cc(=O)c3ccccc3o2)c1. The minimum atomic E-state index is -0.226. The highest BCUT2D eigenvalue weighted by Gasteiger charge is 2.09. The number of hydrogen-bond donors (Lipinski definition) is 0. The van der Waals surface area contributed by atoms with Gasteiger partial charge in [-0.1, -0.05) is 69.4 Å². The van der Waals surface area contributed by atoms with Crippen LogP contribution in [0.3, 0.4) is 0 Å². The van der Waals surface area contributed by atoms with Crippen molar-refractivity contribution in [1.82, 2.24) is 0 Å². The van der Waals surface area contributed by atoms with E-state index in [-0.39, 0.29) is 17.8 Å². The second kappa shape index (κ2) is 10.6. The van der Waals surface area contributed by atoms with Crippen molar-refractivity contribution in [3.05, 3.63) is 70.4 Å². The molecule has 0 bridgehead atoms. The largest absolute Gasteiger partial charge is 0.465 e. The number of esters is 1. The van der Waals surface area contributed by atoms with Crippen LogP contribution in [0.25, 0.3) is 22.3 Å². The van der Waals surface area contributed by atoms with Crippen LogP contribution in [-0.4, -0.2) is 12.6 Å². The topological polar surface area (TPSA) is 56.5 Å². The molecule has 1 heterocycles. The number of carbonyl (C=O) groups is 1. The predicted octanol–water partition coefficient (Wildman–Crippen LogP) is 5.91. The van der Waals surface area contributed by atoms with Crippen molar-refractivity contribution in [2.24, 2.45) is 0 Å². The van der Waals surface area contributed by atoms with Crippen LogP contribution in [0.5, 0.6) is 0 Å². The van der Waals surface area contributed by atoms with E-state index in [4.69, 9.17) is 9.15 Å². The first-order valence-electron chi connectivity index (χ1n) is 10.4. The summed E-state index contributed by atoms with van der Waals surface area (Å²) in [5, 5.41) is 0.561. The Hall–Kier alpha value is -2.88. The maximum atomic E-state index is 12.3. The summed E-state index contributed by atoms with van der Waals surface area (Å²) in [4.78, 5) is 24.5. The number of carbonyl (C=O) groups excluding carboxylic acids is 1. The summed E-state index contributed by atoms with van der Waals surface area (Å²) in [6, 6.07) is 16.2. The van der Waals surface area contributed by atoms with Gasteiger partial charge in [0, 0.05) is 11.6 Å². The Morgan fingerprint density at radius 3 is 2.59 bits per heavy atom. The maximum absolute atomic E-state index is 12.3. The highest BCUT2D eigenvalue weighted by Crippen LogP contribution is 2.23. The minimum absolute atomic E-state index is 0.0781. The lowest BCUT2D eigenvalue weighted by Crippen LogP contribution is -2.09. The summed E-state index contributed by atoms with van der Waals surface area (Å²) >= 11 is 0. The first-order valence-corrected chi connectivity index (χ1v) is 10.4. The van der Waals surface area contributed by atoms with Gasteiger partial charge in [-0.15, -0.1) is 0 Å². The number of hydrogen-bond acceptors (Lipinski definition) is 4. The van der Waals surface area contributed by atoms with Crippen LogP contribution >= 0.6 is 0 Å². The van der Waals surface area contributed by atoms with E-state index >= 15 is 0 Å². The molecule has 3 aromatic rings. The van der Waals surface area contributed by atoms with Crippen LogP contribution in [0.4, 0.5) is 0 Å². The Balaban J connectivity index is 1.59. The Kier molecular flexibility index (Phi) is 7.62. The fraction of sp³-hybridized carbons (Fsp3) is 0.360. The molecule has 0 fully saturated rings. The second-order valence-corrected chi connectivity index (χ2v) is 7.34. The van der Waals surface area contributed by atoms with Crippen LogP contribution in [0.2, 0.25) is 0 Å². The molecule has 29 heavy (non-hydrogen) atoms. The molecule has 152 valence electrons. The van der Waals surface area contributed by atoms with Crippen LogP contribution < -0.4 is 5.43 Å². The molecule has 4 nitrogen and oxygen atoms in total. The molecule has 2 aromatic carbocycles. The van der Waals surface area contributed by atoms with Crippen LogP contribution in [-0.2, 0) is 16.0 Å². The average Bonchev–Trinajstić information content (AvgIpc) is 2.73. The number of rotatable bonds is 10. The molecule has 0 saturated heterocycles. The summed E-state index contributed by atoms with van der Waals surface area (Å²) in [7, 11) is 0. The van der Waals surface area contributed by atoms with E-state index in [1.54, 1.807) is 12.1 Å². The van der Waals surface area contributed by atoms with Crippen LogP contribution in [0.15, 0.2) is 63.8 Å². The Bertz CT molecular complexity index is 1000. The van der Waals surface area contributed by atoms with Gasteiger partial charge in [0.1, 0.15) is 11.3 Å². The smallest absolute Gasteiger partial charge is 0.310 e. The van der Waals surface area contributed by atoms with E-state index in [0.717, 1.165) is 24.0 Å². The van der Waals surface area contributed by atoms with E-state index in [9.17, 15) is 9.59 Å². The average molecular weight is 392 g/mol. The molecule has 0 atom stereocenters. The van der Waals surface area contributed by atoms with Gasteiger partial charge in [0.15, 0.2) is 5.43 Å².